The molecule has 0 fully saturated rings. The molecule has 1 unspecified atom stereocenters. The first-order valence-electron chi connectivity index (χ1n) is 4.71. The van der Waals surface area contributed by atoms with Crippen molar-refractivity contribution in [3.05, 3.63) is 35.3 Å². The van der Waals surface area contributed by atoms with Crippen LogP contribution in [0.25, 0.3) is 0 Å². The predicted octanol–water partition coefficient (Wildman–Crippen LogP) is 2.02. The second kappa shape index (κ2) is 4.34. The minimum Gasteiger partial charge on any atom is -0.496 e. The zero-order valence-corrected chi connectivity index (χ0v) is 9.46. The quantitative estimate of drug-likeness (QED) is 0.710. The SMILES string of the molecule is [CH]=CC1=C(C)C(C)C(OC)=C(OC)C1=O. The Hall–Kier alpha value is -1.51. The number of carbonyl (C=O) groups is 1. The molecule has 0 saturated heterocycles. The molecule has 0 saturated carbocycles. The summed E-state index contributed by atoms with van der Waals surface area (Å²) in [5.74, 6) is 0.600. The van der Waals surface area contributed by atoms with Gasteiger partial charge in [0.2, 0.25) is 11.5 Å². The molecule has 1 aliphatic rings. The third-order valence-electron chi connectivity index (χ3n) is 2.73. The van der Waals surface area contributed by atoms with Crippen LogP contribution in [0.3, 0.4) is 0 Å². The average Bonchev–Trinajstić information content (AvgIpc) is 2.23. The van der Waals surface area contributed by atoms with Gasteiger partial charge in [-0.25, -0.2) is 0 Å². The van der Waals surface area contributed by atoms with Crippen molar-refractivity contribution in [2.24, 2.45) is 5.92 Å². The summed E-state index contributed by atoms with van der Waals surface area (Å²) in [7, 11) is 2.98. The first-order chi connectivity index (χ1) is 7.08. The summed E-state index contributed by atoms with van der Waals surface area (Å²) in [6, 6.07) is 0. The van der Waals surface area contributed by atoms with Gasteiger partial charge in [0.25, 0.3) is 0 Å². The second-order valence-corrected chi connectivity index (χ2v) is 3.42. The van der Waals surface area contributed by atoms with Gasteiger partial charge >= 0.3 is 0 Å². The van der Waals surface area contributed by atoms with Gasteiger partial charge in [0.15, 0.2) is 0 Å². The Balaban J connectivity index is 3.31. The van der Waals surface area contributed by atoms with Crippen LogP contribution in [-0.2, 0) is 14.3 Å². The molecule has 1 radical (unpaired) electrons. The molecule has 81 valence electrons. The monoisotopic (exact) mass is 207 g/mol. The van der Waals surface area contributed by atoms with E-state index in [-0.39, 0.29) is 17.5 Å². The van der Waals surface area contributed by atoms with Gasteiger partial charge in [-0.3, -0.25) is 4.79 Å². The second-order valence-electron chi connectivity index (χ2n) is 3.42. The molecule has 0 aromatic rings. The van der Waals surface area contributed by atoms with Gasteiger partial charge < -0.3 is 9.47 Å². The van der Waals surface area contributed by atoms with Crippen molar-refractivity contribution in [2.45, 2.75) is 13.8 Å². The van der Waals surface area contributed by atoms with Crippen molar-refractivity contribution in [1.82, 2.24) is 0 Å². The molecule has 1 atom stereocenters. The molecule has 0 heterocycles. The molecular weight excluding hydrogens is 192 g/mol. The van der Waals surface area contributed by atoms with E-state index in [2.05, 4.69) is 0 Å². The number of allylic oxidation sites excluding steroid dienone is 3. The molecule has 1 rings (SSSR count). The van der Waals surface area contributed by atoms with Crippen LogP contribution in [0, 0.1) is 12.5 Å². The number of Topliss-reactive ketones (excluding diaryl/α,β-unsaturated/α-hetero) is 1. The highest BCUT2D eigenvalue weighted by Gasteiger charge is 2.31. The van der Waals surface area contributed by atoms with E-state index in [0.717, 1.165) is 5.57 Å². The van der Waals surface area contributed by atoms with Crippen LogP contribution >= 0.6 is 0 Å². The van der Waals surface area contributed by atoms with Crippen molar-refractivity contribution < 1.29 is 14.3 Å². The molecular formula is C12H15O3. The van der Waals surface area contributed by atoms with Crippen molar-refractivity contribution >= 4 is 5.78 Å². The van der Waals surface area contributed by atoms with E-state index in [1.54, 1.807) is 0 Å². The van der Waals surface area contributed by atoms with Crippen molar-refractivity contribution in [3.8, 4) is 0 Å². The lowest BCUT2D eigenvalue weighted by Crippen LogP contribution is -2.22. The summed E-state index contributed by atoms with van der Waals surface area (Å²) in [5, 5.41) is 0. The summed E-state index contributed by atoms with van der Waals surface area (Å²) in [4.78, 5) is 11.9. The highest BCUT2D eigenvalue weighted by Crippen LogP contribution is 2.33. The van der Waals surface area contributed by atoms with Crippen LogP contribution in [0.15, 0.2) is 28.7 Å². The lowest BCUT2D eigenvalue weighted by atomic mass is 9.86. The fraction of sp³-hybridized carbons (Fsp3) is 0.417. The number of rotatable bonds is 3. The average molecular weight is 207 g/mol. The molecule has 3 nitrogen and oxygen atoms in total. The minimum atomic E-state index is -0.215. The van der Waals surface area contributed by atoms with E-state index in [4.69, 9.17) is 16.1 Å². The van der Waals surface area contributed by atoms with Crippen LogP contribution in [0.1, 0.15) is 13.8 Å². The highest BCUT2D eigenvalue weighted by atomic mass is 16.5. The molecule has 15 heavy (non-hydrogen) atoms. The first-order valence-corrected chi connectivity index (χ1v) is 4.71. The predicted molar refractivity (Wildman–Crippen MR) is 56.8 cm³/mol. The fourth-order valence-electron chi connectivity index (χ4n) is 1.71. The van der Waals surface area contributed by atoms with Crippen LogP contribution in [0.2, 0.25) is 0 Å². The molecule has 0 bridgehead atoms. The smallest absolute Gasteiger partial charge is 0.231 e. The minimum absolute atomic E-state index is 0.0115. The lowest BCUT2D eigenvalue weighted by molar-refractivity contribution is -0.115. The number of carbonyl (C=O) groups excluding carboxylic acids is 1. The molecule has 1 aliphatic carbocycles. The summed E-state index contributed by atoms with van der Waals surface area (Å²) >= 11 is 0. The fourth-order valence-corrected chi connectivity index (χ4v) is 1.71. The zero-order valence-electron chi connectivity index (χ0n) is 9.46. The maximum atomic E-state index is 11.9. The van der Waals surface area contributed by atoms with Gasteiger partial charge in [-0.1, -0.05) is 25.2 Å². The van der Waals surface area contributed by atoms with Crippen LogP contribution in [0.5, 0.6) is 0 Å². The van der Waals surface area contributed by atoms with Gasteiger partial charge in [0.1, 0.15) is 5.76 Å². The number of ether oxygens (including phenoxy) is 2. The molecule has 0 N–H and O–H groups in total. The highest BCUT2D eigenvalue weighted by molar-refractivity contribution is 6.10. The summed E-state index contributed by atoms with van der Waals surface area (Å²) in [5.41, 5.74) is 1.40. The topological polar surface area (TPSA) is 35.5 Å². The van der Waals surface area contributed by atoms with E-state index >= 15 is 0 Å². The van der Waals surface area contributed by atoms with Gasteiger partial charge in [-0.15, -0.1) is 0 Å². The van der Waals surface area contributed by atoms with Gasteiger partial charge in [0.05, 0.1) is 14.2 Å². The van der Waals surface area contributed by atoms with Gasteiger partial charge in [-0.2, -0.15) is 0 Å². The largest absolute Gasteiger partial charge is 0.496 e. The van der Waals surface area contributed by atoms with E-state index in [1.807, 2.05) is 13.8 Å². The Bertz CT molecular complexity index is 361. The van der Waals surface area contributed by atoms with E-state index in [1.165, 1.54) is 20.3 Å². The van der Waals surface area contributed by atoms with Crippen LogP contribution in [0.4, 0.5) is 0 Å². The summed E-state index contributed by atoms with van der Waals surface area (Å²) < 4.78 is 10.2. The zero-order chi connectivity index (χ0) is 11.6. The Kier molecular flexibility index (Phi) is 3.35. The maximum Gasteiger partial charge on any atom is 0.231 e. The molecule has 3 heteroatoms. The van der Waals surface area contributed by atoms with Crippen molar-refractivity contribution in [3.63, 3.8) is 0 Å². The summed E-state index contributed by atoms with van der Waals surface area (Å²) in [6.07, 6.45) is 1.32. The molecule has 0 aromatic carbocycles. The van der Waals surface area contributed by atoms with E-state index < -0.39 is 0 Å². The lowest BCUT2D eigenvalue weighted by Gasteiger charge is -2.25. The van der Waals surface area contributed by atoms with E-state index in [0.29, 0.717) is 11.3 Å². The Labute approximate surface area is 90.1 Å². The Morgan fingerprint density at radius 1 is 1.33 bits per heavy atom. The van der Waals surface area contributed by atoms with Crippen LogP contribution < -0.4 is 0 Å². The van der Waals surface area contributed by atoms with Crippen molar-refractivity contribution in [2.75, 3.05) is 14.2 Å². The normalized spacial score (nSPS) is 21.9. The standard InChI is InChI=1S/C12H15O3/c1-6-9-7(2)8(3)11(14-4)12(15-5)10(9)13/h1,6,8H,2-5H3. The molecule has 0 aliphatic heterocycles. The third-order valence-corrected chi connectivity index (χ3v) is 2.73. The first kappa shape index (κ1) is 11.6. The maximum absolute atomic E-state index is 11.9. The Morgan fingerprint density at radius 3 is 2.33 bits per heavy atom. The number of hydrogen-bond donors (Lipinski definition) is 0. The van der Waals surface area contributed by atoms with Gasteiger partial charge in [0, 0.05) is 11.5 Å². The molecule has 0 aromatic heterocycles. The van der Waals surface area contributed by atoms with Gasteiger partial charge in [-0.05, 0) is 6.92 Å². The van der Waals surface area contributed by atoms with E-state index in [9.17, 15) is 4.79 Å². The number of ketones is 1. The number of hydrogen-bond acceptors (Lipinski definition) is 3. The molecule has 0 amide bonds. The van der Waals surface area contributed by atoms with Crippen LogP contribution in [-0.4, -0.2) is 20.0 Å². The number of methoxy groups -OCH3 is 2. The third kappa shape index (κ3) is 1.69. The Morgan fingerprint density at radius 2 is 1.93 bits per heavy atom. The molecule has 0 spiro atoms. The summed E-state index contributed by atoms with van der Waals surface area (Å²) in [6.45, 7) is 9.24. The van der Waals surface area contributed by atoms with Crippen molar-refractivity contribution in [1.29, 1.82) is 0 Å².